The van der Waals surface area contributed by atoms with Crippen molar-refractivity contribution in [1.82, 2.24) is 0 Å². The molecular weight excluding hydrogens is 214 g/mol. The second-order valence-electron chi connectivity index (χ2n) is 4.63. The minimum atomic E-state index is -0.301. The van der Waals surface area contributed by atoms with Gasteiger partial charge in [-0.25, -0.2) is 0 Å². The van der Waals surface area contributed by atoms with Gasteiger partial charge in [0.1, 0.15) is 5.75 Å². The Labute approximate surface area is 102 Å². The van der Waals surface area contributed by atoms with Crippen LogP contribution in [0.25, 0.3) is 0 Å². The van der Waals surface area contributed by atoms with Gasteiger partial charge in [0, 0.05) is 17.5 Å². The summed E-state index contributed by atoms with van der Waals surface area (Å²) in [5, 5.41) is 0. The van der Waals surface area contributed by atoms with Crippen LogP contribution in [-0.2, 0) is 0 Å². The van der Waals surface area contributed by atoms with Crippen LogP contribution in [0.15, 0.2) is 24.3 Å². The molecule has 0 amide bonds. The van der Waals surface area contributed by atoms with E-state index in [0.717, 1.165) is 30.6 Å². The van der Waals surface area contributed by atoms with Crippen LogP contribution in [0.4, 0.5) is 0 Å². The van der Waals surface area contributed by atoms with Crippen molar-refractivity contribution in [2.24, 2.45) is 11.1 Å². The average Bonchev–Trinajstić information content (AvgIpc) is 2.29. The first kappa shape index (κ1) is 12.1. The molecule has 0 aromatic heterocycles. The van der Waals surface area contributed by atoms with E-state index in [1.54, 1.807) is 0 Å². The van der Waals surface area contributed by atoms with Crippen molar-refractivity contribution in [2.75, 3.05) is 13.2 Å². The number of Topliss-reactive ketones (excluding diaryl/α,β-unsaturated/α-hetero) is 1. The van der Waals surface area contributed by atoms with Crippen LogP contribution in [0, 0.1) is 5.41 Å². The molecule has 3 heteroatoms. The normalized spacial score (nSPS) is 17.3. The molecule has 1 aromatic carbocycles. The molecule has 0 heterocycles. The summed E-state index contributed by atoms with van der Waals surface area (Å²) in [5.74, 6) is 0.928. The first-order valence-corrected chi connectivity index (χ1v) is 6.19. The van der Waals surface area contributed by atoms with E-state index in [1.807, 2.05) is 31.2 Å². The van der Waals surface area contributed by atoms with E-state index in [1.165, 1.54) is 0 Å². The van der Waals surface area contributed by atoms with Crippen molar-refractivity contribution >= 4 is 5.78 Å². The number of ketones is 1. The standard InChI is InChI=1S/C14H19NO2/c1-2-17-12-6-3-5-11(9-12)13(16)14(10-15)7-4-8-14/h3,5-6,9H,2,4,7-8,10,15H2,1H3. The van der Waals surface area contributed by atoms with Crippen LogP contribution >= 0.6 is 0 Å². The third kappa shape index (κ3) is 2.20. The highest BCUT2D eigenvalue weighted by atomic mass is 16.5. The Morgan fingerprint density at radius 2 is 2.24 bits per heavy atom. The zero-order valence-corrected chi connectivity index (χ0v) is 10.2. The molecule has 0 aliphatic heterocycles. The largest absolute Gasteiger partial charge is 0.494 e. The van der Waals surface area contributed by atoms with Crippen LogP contribution in [0.5, 0.6) is 5.75 Å². The molecular formula is C14H19NO2. The first-order valence-electron chi connectivity index (χ1n) is 6.19. The molecule has 2 N–H and O–H groups in total. The van der Waals surface area contributed by atoms with E-state index in [4.69, 9.17) is 10.5 Å². The molecule has 0 saturated heterocycles. The number of hydrogen-bond acceptors (Lipinski definition) is 3. The molecule has 92 valence electrons. The molecule has 1 aliphatic rings. The highest BCUT2D eigenvalue weighted by molar-refractivity contribution is 6.01. The van der Waals surface area contributed by atoms with Gasteiger partial charge in [0.2, 0.25) is 0 Å². The monoisotopic (exact) mass is 233 g/mol. The number of carbonyl (C=O) groups is 1. The first-order chi connectivity index (χ1) is 8.22. The van der Waals surface area contributed by atoms with Gasteiger partial charge < -0.3 is 10.5 Å². The lowest BCUT2D eigenvalue weighted by atomic mass is 9.64. The van der Waals surface area contributed by atoms with Gasteiger partial charge >= 0.3 is 0 Å². The fourth-order valence-electron chi connectivity index (χ4n) is 2.33. The van der Waals surface area contributed by atoms with Crippen molar-refractivity contribution in [3.05, 3.63) is 29.8 Å². The summed E-state index contributed by atoms with van der Waals surface area (Å²) in [6.07, 6.45) is 2.94. The van der Waals surface area contributed by atoms with Gasteiger partial charge in [0.05, 0.1) is 6.61 Å². The van der Waals surface area contributed by atoms with E-state index >= 15 is 0 Å². The van der Waals surface area contributed by atoms with Gasteiger partial charge in [-0.3, -0.25) is 4.79 Å². The second-order valence-corrected chi connectivity index (χ2v) is 4.63. The fourth-order valence-corrected chi connectivity index (χ4v) is 2.33. The van der Waals surface area contributed by atoms with Gasteiger partial charge in [-0.1, -0.05) is 18.6 Å². The van der Waals surface area contributed by atoms with Gasteiger partial charge in [0.25, 0.3) is 0 Å². The fraction of sp³-hybridized carbons (Fsp3) is 0.500. The molecule has 1 aliphatic carbocycles. The zero-order valence-electron chi connectivity index (χ0n) is 10.2. The summed E-state index contributed by atoms with van der Waals surface area (Å²) >= 11 is 0. The molecule has 0 atom stereocenters. The quantitative estimate of drug-likeness (QED) is 0.794. The SMILES string of the molecule is CCOc1cccc(C(=O)C2(CN)CCC2)c1. The summed E-state index contributed by atoms with van der Waals surface area (Å²) in [4.78, 5) is 12.4. The summed E-state index contributed by atoms with van der Waals surface area (Å²) in [6, 6.07) is 7.40. The van der Waals surface area contributed by atoms with Crippen molar-refractivity contribution in [3.8, 4) is 5.75 Å². The molecule has 1 fully saturated rings. The summed E-state index contributed by atoms with van der Waals surface area (Å²) < 4.78 is 5.41. The Kier molecular flexibility index (Phi) is 3.48. The van der Waals surface area contributed by atoms with Crippen molar-refractivity contribution in [3.63, 3.8) is 0 Å². The van der Waals surface area contributed by atoms with Crippen LogP contribution in [0.1, 0.15) is 36.5 Å². The lowest BCUT2D eigenvalue weighted by molar-refractivity contribution is 0.0635. The molecule has 0 unspecified atom stereocenters. The lowest BCUT2D eigenvalue weighted by Gasteiger charge is -2.39. The molecule has 1 saturated carbocycles. The van der Waals surface area contributed by atoms with Gasteiger partial charge in [-0.2, -0.15) is 0 Å². The third-order valence-corrected chi connectivity index (χ3v) is 3.59. The number of carbonyl (C=O) groups excluding carboxylic acids is 1. The highest BCUT2D eigenvalue weighted by Gasteiger charge is 2.42. The van der Waals surface area contributed by atoms with E-state index in [2.05, 4.69) is 0 Å². The smallest absolute Gasteiger partial charge is 0.170 e. The minimum Gasteiger partial charge on any atom is -0.494 e. The third-order valence-electron chi connectivity index (χ3n) is 3.59. The predicted octanol–water partition coefficient (Wildman–Crippen LogP) is 2.40. The molecule has 0 spiro atoms. The van der Waals surface area contributed by atoms with Crippen molar-refractivity contribution in [1.29, 1.82) is 0 Å². The highest BCUT2D eigenvalue weighted by Crippen LogP contribution is 2.42. The van der Waals surface area contributed by atoms with E-state index < -0.39 is 0 Å². The van der Waals surface area contributed by atoms with E-state index in [0.29, 0.717) is 13.2 Å². The Morgan fingerprint density at radius 3 is 2.76 bits per heavy atom. The minimum absolute atomic E-state index is 0.174. The van der Waals surface area contributed by atoms with Crippen LogP contribution in [-0.4, -0.2) is 18.9 Å². The molecule has 0 radical (unpaired) electrons. The number of rotatable bonds is 5. The molecule has 0 bridgehead atoms. The zero-order chi connectivity index (χ0) is 12.3. The van der Waals surface area contributed by atoms with Gasteiger partial charge in [-0.05, 0) is 31.9 Å². The number of hydrogen-bond donors (Lipinski definition) is 1. The summed E-state index contributed by atoms with van der Waals surface area (Å²) in [7, 11) is 0. The van der Waals surface area contributed by atoms with E-state index in [9.17, 15) is 4.79 Å². The molecule has 1 aromatic rings. The number of ether oxygens (including phenoxy) is 1. The molecule has 2 rings (SSSR count). The number of nitrogens with two attached hydrogens (primary N) is 1. The summed E-state index contributed by atoms with van der Waals surface area (Å²) in [5.41, 5.74) is 6.17. The Morgan fingerprint density at radius 1 is 1.47 bits per heavy atom. The topological polar surface area (TPSA) is 52.3 Å². The van der Waals surface area contributed by atoms with Crippen LogP contribution < -0.4 is 10.5 Å². The maximum absolute atomic E-state index is 12.4. The maximum atomic E-state index is 12.4. The summed E-state index contributed by atoms with van der Waals surface area (Å²) in [6.45, 7) is 2.99. The van der Waals surface area contributed by atoms with Crippen molar-refractivity contribution < 1.29 is 9.53 Å². The Balaban J connectivity index is 2.21. The second kappa shape index (κ2) is 4.88. The van der Waals surface area contributed by atoms with Gasteiger partial charge in [-0.15, -0.1) is 0 Å². The van der Waals surface area contributed by atoms with E-state index in [-0.39, 0.29) is 11.2 Å². The van der Waals surface area contributed by atoms with Crippen LogP contribution in [0.2, 0.25) is 0 Å². The molecule has 17 heavy (non-hydrogen) atoms. The Bertz CT molecular complexity index is 405. The number of benzene rings is 1. The van der Waals surface area contributed by atoms with Crippen LogP contribution in [0.3, 0.4) is 0 Å². The predicted molar refractivity (Wildman–Crippen MR) is 67.3 cm³/mol. The lowest BCUT2D eigenvalue weighted by Crippen LogP contribution is -2.44. The van der Waals surface area contributed by atoms with Gasteiger partial charge in [0.15, 0.2) is 5.78 Å². The average molecular weight is 233 g/mol. The Hall–Kier alpha value is -1.35. The molecule has 3 nitrogen and oxygen atoms in total. The van der Waals surface area contributed by atoms with Crippen molar-refractivity contribution in [2.45, 2.75) is 26.2 Å². The maximum Gasteiger partial charge on any atom is 0.170 e.